The summed E-state index contributed by atoms with van der Waals surface area (Å²) in [5.74, 6) is 0.381. The van der Waals surface area contributed by atoms with Gasteiger partial charge in [0, 0.05) is 31.1 Å². The summed E-state index contributed by atoms with van der Waals surface area (Å²) < 4.78 is 32.5. The number of esters is 1. The molecule has 2 aromatic rings. The molecule has 10 nitrogen and oxygen atoms in total. The zero-order valence-corrected chi connectivity index (χ0v) is 40.6. The average molecular weight is 898 g/mol. The molecule has 0 spiro atoms. The van der Waals surface area contributed by atoms with Gasteiger partial charge in [0.05, 0.1) is 54.5 Å². The molecule has 7 aliphatic rings. The lowest BCUT2D eigenvalue weighted by Crippen LogP contribution is -2.67. The van der Waals surface area contributed by atoms with E-state index in [2.05, 4.69) is 58.0 Å². The SMILES string of the molecule is C=C(C)[C@@H]1CC[C@]2(C(=O)N3C[C@H](OCCOC)C[C@H]3c3ncc(-c4cccc(F)c4)[nH]3)CC[C@]3(C)[C@H](CC[C@@H]4[C@@]5(C)CC[C@H](OC(=O)[C@H]6C[C@@H](C(=O)O)C6(C)C)C(C)(C)[C@@H]5CC[C@]43C)[C@@H]12. The minimum absolute atomic E-state index is 0.0252. The number of ether oxygens (including phenoxy) is 3. The summed E-state index contributed by atoms with van der Waals surface area (Å²) in [5.41, 5.74) is 1.44. The number of carbonyl (C=O) groups excluding carboxylic acids is 2. The van der Waals surface area contributed by atoms with Crippen LogP contribution in [-0.2, 0) is 28.6 Å². The summed E-state index contributed by atoms with van der Waals surface area (Å²) in [6, 6.07) is 6.22. The van der Waals surface area contributed by atoms with Crippen LogP contribution in [-0.4, -0.2) is 76.9 Å². The number of aliphatic carboxylic acids is 1. The number of allylic oxidation sites excluding steroid dienone is 1. The lowest BCUT2D eigenvalue weighted by molar-refractivity contribution is -0.251. The van der Waals surface area contributed by atoms with Crippen LogP contribution in [0.5, 0.6) is 0 Å². The highest BCUT2D eigenvalue weighted by Gasteiger charge is 2.73. The number of methoxy groups -OCH3 is 1. The molecule has 2 N–H and O–H groups in total. The van der Waals surface area contributed by atoms with Crippen LogP contribution in [0.4, 0.5) is 4.39 Å². The zero-order valence-electron chi connectivity index (χ0n) is 40.6. The van der Waals surface area contributed by atoms with Crippen molar-refractivity contribution in [2.24, 2.45) is 73.9 Å². The maximum absolute atomic E-state index is 15.9. The third-order valence-corrected chi connectivity index (χ3v) is 20.8. The number of imidazole rings is 1. The first-order valence-electron chi connectivity index (χ1n) is 24.9. The number of nitrogens with zero attached hydrogens (tertiary/aromatic N) is 2. The molecule has 9 rings (SSSR count). The van der Waals surface area contributed by atoms with Crippen LogP contribution in [0.15, 0.2) is 42.6 Å². The van der Waals surface area contributed by atoms with Crippen molar-refractivity contribution in [3.8, 4) is 11.3 Å². The summed E-state index contributed by atoms with van der Waals surface area (Å²) in [4.78, 5) is 52.0. The highest BCUT2D eigenvalue weighted by atomic mass is 19.1. The van der Waals surface area contributed by atoms with Crippen molar-refractivity contribution in [2.45, 2.75) is 151 Å². The van der Waals surface area contributed by atoms with Gasteiger partial charge >= 0.3 is 11.9 Å². The summed E-state index contributed by atoms with van der Waals surface area (Å²) in [6.07, 6.45) is 12.3. The number of nitrogens with one attached hydrogen (secondary N) is 1. The van der Waals surface area contributed by atoms with Gasteiger partial charge in [0.2, 0.25) is 5.91 Å². The van der Waals surface area contributed by atoms with Gasteiger partial charge in [0.25, 0.3) is 0 Å². The molecular formula is C54H76FN3O7. The predicted octanol–water partition coefficient (Wildman–Crippen LogP) is 10.8. The largest absolute Gasteiger partial charge is 0.481 e. The Labute approximate surface area is 386 Å². The summed E-state index contributed by atoms with van der Waals surface area (Å²) in [7, 11) is 1.67. The minimum atomic E-state index is -0.832. The quantitative estimate of drug-likeness (QED) is 0.130. The van der Waals surface area contributed by atoms with Crippen molar-refractivity contribution in [3.63, 3.8) is 0 Å². The molecule has 11 heteroatoms. The first kappa shape index (κ1) is 46.5. The molecule has 6 aliphatic carbocycles. The third kappa shape index (κ3) is 7.02. The van der Waals surface area contributed by atoms with Crippen LogP contribution in [0, 0.1) is 79.7 Å². The highest BCUT2D eigenvalue weighted by molar-refractivity contribution is 5.85. The fourth-order valence-corrected chi connectivity index (χ4v) is 17.0. The van der Waals surface area contributed by atoms with Gasteiger partial charge in [-0.2, -0.15) is 0 Å². The predicted molar refractivity (Wildman–Crippen MR) is 247 cm³/mol. The number of benzene rings is 1. The number of aromatic amines is 1. The van der Waals surface area contributed by atoms with Crippen molar-refractivity contribution >= 4 is 17.8 Å². The van der Waals surface area contributed by atoms with E-state index in [1.54, 1.807) is 19.4 Å². The number of likely N-dealkylation sites (tertiary alicyclic amines) is 1. The van der Waals surface area contributed by atoms with Gasteiger partial charge in [-0.1, -0.05) is 72.8 Å². The lowest BCUT2D eigenvalue weighted by Gasteiger charge is -2.73. The Balaban J connectivity index is 0.984. The molecule has 6 saturated carbocycles. The van der Waals surface area contributed by atoms with E-state index < -0.39 is 28.6 Å². The lowest BCUT2D eigenvalue weighted by atomic mass is 9.32. The van der Waals surface area contributed by atoms with Crippen molar-refractivity contribution in [1.82, 2.24) is 14.9 Å². The number of hydrogen-bond donors (Lipinski definition) is 2. The second kappa shape index (κ2) is 16.3. The van der Waals surface area contributed by atoms with Crippen LogP contribution in [0.2, 0.25) is 0 Å². The fraction of sp³-hybridized carbons (Fsp3) is 0.741. The second-order valence-electron chi connectivity index (χ2n) is 24.0. The first-order chi connectivity index (χ1) is 30.6. The van der Waals surface area contributed by atoms with E-state index in [1.165, 1.54) is 17.7 Å². The van der Waals surface area contributed by atoms with Crippen LogP contribution < -0.4 is 0 Å². The molecule has 1 amide bonds. The maximum atomic E-state index is 15.9. The van der Waals surface area contributed by atoms with Gasteiger partial charge in [-0.15, -0.1) is 0 Å². The Morgan fingerprint density at radius 3 is 2.35 bits per heavy atom. The van der Waals surface area contributed by atoms with E-state index in [9.17, 15) is 19.1 Å². The average Bonchev–Trinajstić information content (AvgIpc) is 4.00. The molecule has 2 heterocycles. The van der Waals surface area contributed by atoms with Crippen molar-refractivity contribution in [3.05, 3.63) is 54.3 Å². The summed E-state index contributed by atoms with van der Waals surface area (Å²) >= 11 is 0. The highest BCUT2D eigenvalue weighted by Crippen LogP contribution is 2.78. The van der Waals surface area contributed by atoms with E-state index in [4.69, 9.17) is 19.2 Å². The molecule has 65 heavy (non-hydrogen) atoms. The van der Waals surface area contributed by atoms with Gasteiger partial charge in [-0.25, -0.2) is 9.37 Å². The molecule has 356 valence electrons. The number of aromatic nitrogens is 2. The molecule has 1 aromatic carbocycles. The fourth-order valence-electron chi connectivity index (χ4n) is 17.0. The first-order valence-corrected chi connectivity index (χ1v) is 24.9. The number of amides is 1. The number of carboxylic acid groups (broad SMARTS) is 1. The third-order valence-electron chi connectivity index (χ3n) is 20.8. The Morgan fingerprint density at radius 1 is 0.892 bits per heavy atom. The number of carboxylic acids is 1. The van der Waals surface area contributed by atoms with Crippen LogP contribution >= 0.6 is 0 Å². The number of carbonyl (C=O) groups is 3. The van der Waals surface area contributed by atoms with Crippen molar-refractivity contribution < 1.29 is 38.1 Å². The summed E-state index contributed by atoms with van der Waals surface area (Å²) in [6.45, 7) is 24.5. The molecular weight excluding hydrogens is 822 g/mol. The zero-order chi connectivity index (χ0) is 46.6. The minimum Gasteiger partial charge on any atom is -0.481 e. The maximum Gasteiger partial charge on any atom is 0.309 e. The van der Waals surface area contributed by atoms with E-state index in [-0.39, 0.29) is 69.4 Å². The number of fused-ring (bicyclic) bond motifs is 7. The monoisotopic (exact) mass is 898 g/mol. The topological polar surface area (TPSA) is 131 Å². The number of hydrogen-bond acceptors (Lipinski definition) is 7. The van der Waals surface area contributed by atoms with E-state index in [0.29, 0.717) is 56.2 Å². The molecule has 0 bridgehead atoms. The molecule has 7 fully saturated rings. The van der Waals surface area contributed by atoms with Gasteiger partial charge in [-0.05, 0) is 141 Å². The second-order valence-corrected chi connectivity index (χ2v) is 24.0. The van der Waals surface area contributed by atoms with Crippen LogP contribution in [0.25, 0.3) is 11.3 Å². The van der Waals surface area contributed by atoms with Gasteiger partial charge in [-0.3, -0.25) is 14.4 Å². The normalized spacial score (nSPS) is 41.3. The van der Waals surface area contributed by atoms with Crippen LogP contribution in [0.3, 0.4) is 0 Å². The molecule has 1 saturated heterocycles. The van der Waals surface area contributed by atoms with Crippen molar-refractivity contribution in [2.75, 3.05) is 26.9 Å². The number of rotatable bonds is 11. The van der Waals surface area contributed by atoms with E-state index in [1.807, 2.05) is 19.9 Å². The van der Waals surface area contributed by atoms with Gasteiger partial charge in [0.15, 0.2) is 0 Å². The Bertz CT molecular complexity index is 2200. The molecule has 14 atom stereocenters. The number of H-pyrrole nitrogens is 1. The smallest absolute Gasteiger partial charge is 0.309 e. The summed E-state index contributed by atoms with van der Waals surface area (Å²) in [5, 5.41) is 9.73. The Kier molecular flexibility index (Phi) is 11.7. The van der Waals surface area contributed by atoms with Gasteiger partial charge in [0.1, 0.15) is 17.7 Å². The van der Waals surface area contributed by atoms with E-state index >= 15 is 4.79 Å². The molecule has 1 aliphatic heterocycles. The van der Waals surface area contributed by atoms with E-state index in [0.717, 1.165) is 75.5 Å². The Hall–Kier alpha value is -3.57. The standard InChI is InChI=1S/C54H76FN3O7/c1-31(2)35-16-21-54(48(62)58-30-34(64-25-24-63-10)27-40(58)45-56-29-39(57-45)32-12-11-13-33(55)26-32)23-22-52(8)36(44(35)54)14-15-42-51(7)19-18-43(50(5,6)41(51)17-20-53(42,52)9)65-47(61)38-28-37(46(59)60)49(38,3)4/h11-13,26,29,34-38,40-44H,1,14-25,27-28,30H2,2-10H3,(H,56,57)(H,59,60)/t34-,35+,36-,37+,38-,40+,41+,42-,43+,44-,51+,52-,53-,54+/m1/s1. The van der Waals surface area contributed by atoms with Crippen molar-refractivity contribution in [1.29, 1.82) is 0 Å². The van der Waals surface area contributed by atoms with Gasteiger partial charge < -0.3 is 29.2 Å². The number of halogens is 1. The molecule has 0 radical (unpaired) electrons. The Morgan fingerprint density at radius 2 is 1.66 bits per heavy atom. The molecule has 1 aromatic heterocycles. The van der Waals surface area contributed by atoms with Crippen LogP contribution in [0.1, 0.15) is 144 Å². The molecule has 0 unspecified atom stereocenters.